The average Bonchev–Trinajstić information content (AvgIpc) is 2.40. The van der Waals surface area contributed by atoms with Crippen molar-refractivity contribution in [1.82, 2.24) is 9.97 Å². The molecule has 18 heavy (non-hydrogen) atoms. The zero-order valence-electron chi connectivity index (χ0n) is 9.97. The van der Waals surface area contributed by atoms with Crippen molar-refractivity contribution >= 4 is 11.5 Å². The zero-order valence-corrected chi connectivity index (χ0v) is 9.97. The van der Waals surface area contributed by atoms with Crippen molar-refractivity contribution in [3.8, 4) is 0 Å². The van der Waals surface area contributed by atoms with E-state index in [1.165, 1.54) is 12.3 Å². The van der Waals surface area contributed by atoms with E-state index in [0.29, 0.717) is 18.1 Å². The Morgan fingerprint density at radius 2 is 2.06 bits per heavy atom. The van der Waals surface area contributed by atoms with Gasteiger partial charge in [0, 0.05) is 7.05 Å². The summed E-state index contributed by atoms with van der Waals surface area (Å²) < 4.78 is 13.6. The van der Waals surface area contributed by atoms with Crippen molar-refractivity contribution in [2.24, 2.45) is 5.84 Å². The lowest BCUT2D eigenvalue weighted by Crippen LogP contribution is -2.19. The summed E-state index contributed by atoms with van der Waals surface area (Å²) in [7, 11) is 1.80. The van der Waals surface area contributed by atoms with Crippen LogP contribution in [0.1, 0.15) is 5.69 Å². The molecule has 94 valence electrons. The van der Waals surface area contributed by atoms with Crippen LogP contribution in [-0.2, 0) is 6.54 Å². The lowest BCUT2D eigenvalue weighted by Gasteiger charge is -2.19. The number of anilines is 2. The fourth-order valence-electron chi connectivity index (χ4n) is 1.60. The molecule has 0 bridgehead atoms. The van der Waals surface area contributed by atoms with Crippen LogP contribution in [-0.4, -0.2) is 17.0 Å². The highest BCUT2D eigenvalue weighted by atomic mass is 19.1. The topological polar surface area (TPSA) is 67.1 Å². The summed E-state index contributed by atoms with van der Waals surface area (Å²) in [6.07, 6.45) is 3.14. The van der Waals surface area contributed by atoms with Gasteiger partial charge in [0.1, 0.15) is 5.82 Å². The molecule has 1 aromatic heterocycles. The van der Waals surface area contributed by atoms with Crippen molar-refractivity contribution in [3.05, 3.63) is 48.2 Å². The lowest BCUT2D eigenvalue weighted by molar-refractivity contribution is 0.621. The van der Waals surface area contributed by atoms with Gasteiger partial charge in [-0.15, -0.1) is 0 Å². The molecule has 6 heteroatoms. The van der Waals surface area contributed by atoms with Crippen LogP contribution in [0.2, 0.25) is 0 Å². The Morgan fingerprint density at radius 3 is 2.67 bits per heavy atom. The molecular formula is C12H14FN5. The third kappa shape index (κ3) is 2.72. The highest BCUT2D eigenvalue weighted by Gasteiger charge is 2.07. The second-order valence-corrected chi connectivity index (χ2v) is 3.84. The number of benzene rings is 1. The van der Waals surface area contributed by atoms with E-state index in [1.807, 2.05) is 0 Å². The van der Waals surface area contributed by atoms with E-state index in [9.17, 15) is 4.39 Å². The number of para-hydroxylation sites is 1. The predicted molar refractivity (Wildman–Crippen MR) is 68.3 cm³/mol. The van der Waals surface area contributed by atoms with Crippen molar-refractivity contribution in [3.63, 3.8) is 0 Å². The SMILES string of the molecule is CN(Cc1cnc(NN)cn1)c1ccccc1F. The molecule has 0 aliphatic heterocycles. The molecule has 0 unspecified atom stereocenters. The fraction of sp³-hybridized carbons (Fsp3) is 0.167. The first-order valence-corrected chi connectivity index (χ1v) is 5.44. The maximum absolute atomic E-state index is 13.6. The van der Waals surface area contributed by atoms with Crippen molar-refractivity contribution < 1.29 is 4.39 Å². The van der Waals surface area contributed by atoms with Crippen molar-refractivity contribution in [2.75, 3.05) is 17.4 Å². The number of nitrogens with one attached hydrogen (secondary N) is 1. The number of hydrazine groups is 1. The van der Waals surface area contributed by atoms with E-state index >= 15 is 0 Å². The summed E-state index contributed by atoms with van der Waals surface area (Å²) in [6, 6.07) is 6.60. The summed E-state index contributed by atoms with van der Waals surface area (Å²) in [4.78, 5) is 10.00. The molecule has 0 saturated heterocycles. The number of rotatable bonds is 4. The van der Waals surface area contributed by atoms with E-state index in [1.54, 1.807) is 36.3 Å². The second-order valence-electron chi connectivity index (χ2n) is 3.84. The summed E-state index contributed by atoms with van der Waals surface area (Å²) in [5, 5.41) is 0. The van der Waals surface area contributed by atoms with Gasteiger partial charge in [-0.3, -0.25) is 4.98 Å². The molecule has 0 amide bonds. The van der Waals surface area contributed by atoms with Gasteiger partial charge in [0.2, 0.25) is 0 Å². The highest BCUT2D eigenvalue weighted by molar-refractivity contribution is 5.47. The van der Waals surface area contributed by atoms with E-state index in [-0.39, 0.29) is 5.82 Å². The largest absolute Gasteiger partial charge is 0.366 e. The molecule has 3 N–H and O–H groups in total. The number of nitrogen functional groups attached to an aromatic ring is 1. The first-order chi connectivity index (χ1) is 8.70. The minimum absolute atomic E-state index is 0.256. The van der Waals surface area contributed by atoms with Gasteiger partial charge >= 0.3 is 0 Å². The summed E-state index contributed by atoms with van der Waals surface area (Å²) in [5.41, 5.74) is 3.67. The van der Waals surface area contributed by atoms with Crippen LogP contribution in [0.25, 0.3) is 0 Å². The van der Waals surface area contributed by atoms with E-state index in [0.717, 1.165) is 5.69 Å². The molecular weight excluding hydrogens is 233 g/mol. The summed E-state index contributed by atoms with van der Waals surface area (Å²) in [6.45, 7) is 0.471. The predicted octanol–water partition coefficient (Wildman–Crippen LogP) is 1.54. The van der Waals surface area contributed by atoms with Crippen LogP contribution >= 0.6 is 0 Å². The molecule has 5 nitrogen and oxygen atoms in total. The Hall–Kier alpha value is -2.21. The molecule has 0 aliphatic carbocycles. The Labute approximate surface area is 104 Å². The van der Waals surface area contributed by atoms with Gasteiger partial charge in [-0.25, -0.2) is 15.2 Å². The normalized spacial score (nSPS) is 10.2. The molecule has 2 rings (SSSR count). The Morgan fingerprint density at radius 1 is 1.28 bits per heavy atom. The third-order valence-corrected chi connectivity index (χ3v) is 2.52. The lowest BCUT2D eigenvalue weighted by atomic mass is 10.2. The van der Waals surface area contributed by atoms with Crippen LogP contribution in [0, 0.1) is 5.82 Å². The molecule has 0 fully saturated rings. The maximum atomic E-state index is 13.6. The van der Waals surface area contributed by atoms with Crippen LogP contribution in [0.5, 0.6) is 0 Å². The molecule has 0 saturated carbocycles. The van der Waals surface area contributed by atoms with Gasteiger partial charge in [0.05, 0.1) is 30.3 Å². The molecule has 2 aromatic rings. The Balaban J connectivity index is 2.11. The molecule has 0 radical (unpaired) electrons. The molecule has 0 atom stereocenters. The monoisotopic (exact) mass is 247 g/mol. The fourth-order valence-corrected chi connectivity index (χ4v) is 1.60. The molecule has 0 aliphatic rings. The van der Waals surface area contributed by atoms with Gasteiger partial charge in [0.15, 0.2) is 5.82 Å². The average molecular weight is 247 g/mol. The van der Waals surface area contributed by atoms with Crippen LogP contribution in [0.3, 0.4) is 0 Å². The first-order valence-electron chi connectivity index (χ1n) is 5.44. The van der Waals surface area contributed by atoms with Gasteiger partial charge in [-0.2, -0.15) is 0 Å². The Bertz CT molecular complexity index is 514. The van der Waals surface area contributed by atoms with Gasteiger partial charge in [-0.05, 0) is 12.1 Å². The number of halogens is 1. The minimum atomic E-state index is -0.256. The minimum Gasteiger partial charge on any atom is -0.366 e. The maximum Gasteiger partial charge on any atom is 0.158 e. The standard InChI is InChI=1S/C12H14FN5/c1-18(11-5-3-2-4-10(11)13)8-9-6-16-12(17-14)7-15-9/h2-7H,8,14H2,1H3,(H,16,17). The van der Waals surface area contributed by atoms with Crippen LogP contribution < -0.4 is 16.2 Å². The number of nitrogens with two attached hydrogens (primary N) is 1. The van der Waals surface area contributed by atoms with E-state index in [2.05, 4.69) is 15.4 Å². The summed E-state index contributed by atoms with van der Waals surface area (Å²) in [5.74, 6) is 5.44. The smallest absolute Gasteiger partial charge is 0.158 e. The zero-order chi connectivity index (χ0) is 13.0. The number of hydrogen-bond donors (Lipinski definition) is 2. The number of aromatic nitrogens is 2. The van der Waals surface area contributed by atoms with E-state index in [4.69, 9.17) is 5.84 Å². The number of hydrogen-bond acceptors (Lipinski definition) is 5. The quantitative estimate of drug-likeness (QED) is 0.633. The first kappa shape index (κ1) is 12.3. The highest BCUT2D eigenvalue weighted by Crippen LogP contribution is 2.18. The summed E-state index contributed by atoms with van der Waals surface area (Å²) >= 11 is 0. The second kappa shape index (κ2) is 5.42. The van der Waals surface area contributed by atoms with Crippen molar-refractivity contribution in [2.45, 2.75) is 6.54 Å². The van der Waals surface area contributed by atoms with Gasteiger partial charge in [0.25, 0.3) is 0 Å². The van der Waals surface area contributed by atoms with Crippen molar-refractivity contribution in [1.29, 1.82) is 0 Å². The van der Waals surface area contributed by atoms with Gasteiger partial charge < -0.3 is 10.3 Å². The van der Waals surface area contributed by atoms with E-state index < -0.39 is 0 Å². The van der Waals surface area contributed by atoms with Gasteiger partial charge in [-0.1, -0.05) is 12.1 Å². The Kier molecular flexibility index (Phi) is 3.69. The number of nitrogens with zero attached hydrogens (tertiary/aromatic N) is 3. The molecule has 0 spiro atoms. The molecule has 1 heterocycles. The third-order valence-electron chi connectivity index (χ3n) is 2.52. The molecule has 1 aromatic carbocycles. The van der Waals surface area contributed by atoms with Crippen LogP contribution in [0.15, 0.2) is 36.7 Å². The van der Waals surface area contributed by atoms with Crippen LogP contribution in [0.4, 0.5) is 15.9 Å².